The Kier molecular flexibility index (Phi) is 5.40. The van der Waals surface area contributed by atoms with Crippen molar-refractivity contribution in [3.05, 3.63) is 68.6 Å². The second-order valence-electron chi connectivity index (χ2n) is 6.61. The monoisotopic (exact) mass is 382 g/mol. The van der Waals surface area contributed by atoms with Crippen LogP contribution in [0.3, 0.4) is 0 Å². The molecule has 0 unspecified atom stereocenters. The van der Waals surface area contributed by atoms with Crippen LogP contribution >= 0.6 is 0 Å². The van der Waals surface area contributed by atoms with Crippen LogP contribution in [0.2, 0.25) is 0 Å². The van der Waals surface area contributed by atoms with Gasteiger partial charge in [0.05, 0.1) is 19.8 Å². The van der Waals surface area contributed by atoms with E-state index in [2.05, 4.69) is 0 Å². The van der Waals surface area contributed by atoms with Gasteiger partial charge < -0.3 is 18.6 Å². The fourth-order valence-electron chi connectivity index (χ4n) is 3.03. The lowest BCUT2D eigenvalue weighted by atomic mass is 10.0. The van der Waals surface area contributed by atoms with Gasteiger partial charge >= 0.3 is 11.6 Å². The molecule has 3 aromatic rings. The summed E-state index contributed by atoms with van der Waals surface area (Å²) in [7, 11) is 3.05. The minimum Gasteiger partial charge on any atom is -0.496 e. The zero-order valence-corrected chi connectivity index (χ0v) is 16.5. The zero-order valence-electron chi connectivity index (χ0n) is 16.5. The maximum atomic E-state index is 12.6. The molecule has 0 atom stereocenters. The third kappa shape index (κ3) is 3.71. The van der Waals surface area contributed by atoms with Gasteiger partial charge in [0.2, 0.25) is 0 Å². The lowest BCUT2D eigenvalue weighted by molar-refractivity contribution is 0.0473. The Balaban J connectivity index is 1.91. The molecule has 1 heterocycles. The van der Waals surface area contributed by atoms with E-state index in [9.17, 15) is 9.59 Å². The smallest absolute Gasteiger partial charge is 0.338 e. The summed E-state index contributed by atoms with van der Waals surface area (Å²) in [5, 5.41) is 0.745. The fraction of sp³-hybridized carbons (Fsp3) is 0.273. The van der Waals surface area contributed by atoms with Crippen LogP contribution in [-0.4, -0.2) is 20.2 Å². The maximum Gasteiger partial charge on any atom is 0.338 e. The Morgan fingerprint density at radius 2 is 1.54 bits per heavy atom. The molecule has 0 saturated heterocycles. The van der Waals surface area contributed by atoms with Crippen molar-refractivity contribution in [3.8, 4) is 11.5 Å². The van der Waals surface area contributed by atoms with Crippen molar-refractivity contribution in [3.63, 3.8) is 0 Å². The first-order chi connectivity index (χ1) is 13.3. The first kappa shape index (κ1) is 19.5. The molecular formula is C22H22O6. The molecule has 6 nitrogen and oxygen atoms in total. The molecule has 2 aromatic carbocycles. The van der Waals surface area contributed by atoms with Crippen LogP contribution < -0.4 is 15.1 Å². The molecule has 0 aliphatic carbocycles. The Bertz CT molecular complexity index is 1080. The van der Waals surface area contributed by atoms with Crippen LogP contribution in [0.1, 0.15) is 32.6 Å². The summed E-state index contributed by atoms with van der Waals surface area (Å²) in [5.41, 5.74) is 3.75. The van der Waals surface area contributed by atoms with Crippen molar-refractivity contribution in [2.24, 2.45) is 0 Å². The first-order valence-electron chi connectivity index (χ1n) is 8.77. The van der Waals surface area contributed by atoms with Crippen LogP contribution in [0.15, 0.2) is 39.5 Å². The lowest BCUT2D eigenvalue weighted by Gasteiger charge is -2.13. The van der Waals surface area contributed by atoms with Gasteiger partial charge in [0.1, 0.15) is 23.7 Å². The minimum atomic E-state index is -0.540. The van der Waals surface area contributed by atoms with Crippen LogP contribution in [0, 0.1) is 20.8 Å². The lowest BCUT2D eigenvalue weighted by Crippen LogP contribution is -2.09. The molecule has 0 N–H and O–H groups in total. The van der Waals surface area contributed by atoms with Gasteiger partial charge in [-0.1, -0.05) is 0 Å². The predicted molar refractivity (Wildman–Crippen MR) is 105 cm³/mol. The minimum absolute atomic E-state index is 0.0536. The second-order valence-corrected chi connectivity index (χ2v) is 6.61. The van der Waals surface area contributed by atoms with E-state index >= 15 is 0 Å². The SMILES string of the molecule is COc1cc(C(=O)OCc2cc(=O)oc3cc(C)c(C)cc23)cc(OC)c1C. The van der Waals surface area contributed by atoms with Gasteiger partial charge in [-0.2, -0.15) is 0 Å². The van der Waals surface area contributed by atoms with Gasteiger partial charge in [-0.15, -0.1) is 0 Å². The van der Waals surface area contributed by atoms with Gasteiger partial charge in [0.25, 0.3) is 0 Å². The molecule has 28 heavy (non-hydrogen) atoms. The van der Waals surface area contributed by atoms with Crippen molar-refractivity contribution >= 4 is 16.9 Å². The van der Waals surface area contributed by atoms with E-state index in [-0.39, 0.29) is 6.61 Å². The molecule has 0 fully saturated rings. The van der Waals surface area contributed by atoms with E-state index in [4.69, 9.17) is 18.6 Å². The molecule has 0 aliphatic rings. The number of aryl methyl sites for hydroxylation is 2. The molecule has 0 bridgehead atoms. The van der Waals surface area contributed by atoms with Crippen molar-refractivity contribution < 1.29 is 23.4 Å². The van der Waals surface area contributed by atoms with Crippen molar-refractivity contribution in [2.45, 2.75) is 27.4 Å². The molecule has 0 amide bonds. The van der Waals surface area contributed by atoms with Gasteiger partial charge in [0, 0.05) is 22.6 Å². The number of fused-ring (bicyclic) bond motifs is 1. The molecule has 6 heteroatoms. The van der Waals surface area contributed by atoms with Crippen LogP contribution in [0.25, 0.3) is 11.0 Å². The quantitative estimate of drug-likeness (QED) is 0.489. The highest BCUT2D eigenvalue weighted by molar-refractivity contribution is 5.91. The zero-order chi connectivity index (χ0) is 20.4. The number of methoxy groups -OCH3 is 2. The normalized spacial score (nSPS) is 10.8. The number of carbonyl (C=O) groups is 1. The highest BCUT2D eigenvalue weighted by Crippen LogP contribution is 2.30. The van der Waals surface area contributed by atoms with Crippen LogP contribution in [0.5, 0.6) is 11.5 Å². The fourth-order valence-corrected chi connectivity index (χ4v) is 3.03. The topological polar surface area (TPSA) is 75.0 Å². The van der Waals surface area contributed by atoms with Crippen molar-refractivity contribution in [1.82, 2.24) is 0 Å². The summed E-state index contributed by atoms with van der Waals surface area (Å²) in [6.07, 6.45) is 0. The summed E-state index contributed by atoms with van der Waals surface area (Å²) in [5.74, 6) is 0.522. The summed E-state index contributed by atoms with van der Waals surface area (Å²) < 4.78 is 21.3. The highest BCUT2D eigenvalue weighted by atomic mass is 16.5. The third-order valence-corrected chi connectivity index (χ3v) is 4.79. The molecule has 146 valence electrons. The van der Waals surface area contributed by atoms with Gasteiger partial charge in [-0.05, 0) is 56.2 Å². The molecule has 3 rings (SSSR count). The number of benzene rings is 2. The molecule has 0 saturated carbocycles. The Morgan fingerprint density at radius 3 is 2.14 bits per heavy atom. The molecule has 1 aromatic heterocycles. The largest absolute Gasteiger partial charge is 0.496 e. The number of hydrogen-bond donors (Lipinski definition) is 0. The predicted octanol–water partition coefficient (Wildman–Crippen LogP) is 4.09. The maximum absolute atomic E-state index is 12.6. The third-order valence-electron chi connectivity index (χ3n) is 4.79. The molecule has 0 aliphatic heterocycles. The van der Waals surface area contributed by atoms with E-state index < -0.39 is 11.6 Å². The van der Waals surface area contributed by atoms with E-state index in [1.807, 2.05) is 32.9 Å². The van der Waals surface area contributed by atoms with Crippen molar-refractivity contribution in [2.75, 3.05) is 14.2 Å². The van der Waals surface area contributed by atoms with Gasteiger partial charge in [0.15, 0.2) is 0 Å². The number of hydrogen-bond acceptors (Lipinski definition) is 6. The molecule has 0 radical (unpaired) electrons. The summed E-state index contributed by atoms with van der Waals surface area (Å²) in [6.45, 7) is 5.70. The summed E-state index contributed by atoms with van der Waals surface area (Å²) in [4.78, 5) is 24.5. The highest BCUT2D eigenvalue weighted by Gasteiger charge is 2.16. The van der Waals surface area contributed by atoms with E-state index in [0.717, 1.165) is 22.1 Å². The Hall–Kier alpha value is -3.28. The van der Waals surface area contributed by atoms with E-state index in [1.165, 1.54) is 20.3 Å². The number of ether oxygens (including phenoxy) is 3. The Labute approximate surface area is 162 Å². The van der Waals surface area contributed by atoms with Gasteiger partial charge in [-0.25, -0.2) is 9.59 Å². The Morgan fingerprint density at radius 1 is 0.929 bits per heavy atom. The number of esters is 1. The molecular weight excluding hydrogens is 360 g/mol. The van der Waals surface area contributed by atoms with E-state index in [1.54, 1.807) is 12.1 Å². The summed E-state index contributed by atoms with van der Waals surface area (Å²) in [6, 6.07) is 8.29. The average Bonchev–Trinajstić information content (AvgIpc) is 2.67. The number of carbonyl (C=O) groups excluding carboxylic acids is 1. The van der Waals surface area contributed by atoms with Crippen LogP contribution in [-0.2, 0) is 11.3 Å². The first-order valence-corrected chi connectivity index (χ1v) is 8.77. The van der Waals surface area contributed by atoms with Gasteiger partial charge in [-0.3, -0.25) is 0 Å². The standard InChI is InChI=1S/C22H22O6/c1-12-6-17-16(10-21(23)28-20(17)7-13(12)2)11-27-22(24)15-8-18(25-4)14(3)19(9-15)26-5/h6-10H,11H2,1-5H3. The van der Waals surface area contributed by atoms with Crippen LogP contribution in [0.4, 0.5) is 0 Å². The number of rotatable bonds is 5. The summed E-state index contributed by atoms with van der Waals surface area (Å²) >= 11 is 0. The second kappa shape index (κ2) is 7.76. The molecule has 0 spiro atoms. The van der Waals surface area contributed by atoms with E-state index in [0.29, 0.717) is 28.2 Å². The van der Waals surface area contributed by atoms with Crippen molar-refractivity contribution in [1.29, 1.82) is 0 Å². The average molecular weight is 382 g/mol.